The van der Waals surface area contributed by atoms with Crippen LogP contribution in [0.1, 0.15) is 22.8 Å². The molecule has 1 N–H and O–H groups in total. The van der Waals surface area contributed by atoms with Crippen LogP contribution in [0.15, 0.2) is 47.5 Å². The van der Waals surface area contributed by atoms with Gasteiger partial charge >= 0.3 is 5.97 Å². The number of esters is 1. The van der Waals surface area contributed by atoms with Gasteiger partial charge in [0.25, 0.3) is 0 Å². The first-order valence-corrected chi connectivity index (χ1v) is 6.82. The fourth-order valence-electron chi connectivity index (χ4n) is 1.80. The summed E-state index contributed by atoms with van der Waals surface area (Å²) in [5.74, 6) is 0.311. The molecule has 0 atom stereocenters. The number of ether oxygens (including phenoxy) is 2. The van der Waals surface area contributed by atoms with Gasteiger partial charge in [-0.1, -0.05) is 0 Å². The van der Waals surface area contributed by atoms with Gasteiger partial charge in [0.2, 0.25) is 0 Å². The molecule has 0 saturated carbocycles. The Morgan fingerprint density at radius 2 is 1.95 bits per heavy atom. The number of carbonyl (C=O) groups excluding carboxylic acids is 1. The van der Waals surface area contributed by atoms with Crippen LogP contribution in [0.5, 0.6) is 11.5 Å². The highest BCUT2D eigenvalue weighted by Gasteiger charge is 2.05. The van der Waals surface area contributed by atoms with E-state index in [2.05, 4.69) is 4.99 Å². The topological polar surface area (TPSA) is 68.1 Å². The molecule has 2 aromatic carbocycles. The largest absolute Gasteiger partial charge is 0.507 e. The van der Waals surface area contributed by atoms with Crippen LogP contribution >= 0.6 is 0 Å². The molecule has 0 heterocycles. The summed E-state index contributed by atoms with van der Waals surface area (Å²) in [6.07, 6.45) is 1.55. The molecule has 114 valence electrons. The minimum Gasteiger partial charge on any atom is -0.507 e. The molecule has 0 spiro atoms. The van der Waals surface area contributed by atoms with Gasteiger partial charge in [0.1, 0.15) is 11.5 Å². The zero-order valence-electron chi connectivity index (χ0n) is 12.4. The Bertz CT molecular complexity index is 678. The molecule has 0 aliphatic rings. The van der Waals surface area contributed by atoms with Crippen LogP contribution in [0.3, 0.4) is 0 Å². The van der Waals surface area contributed by atoms with E-state index in [-0.39, 0.29) is 11.7 Å². The van der Waals surface area contributed by atoms with E-state index in [0.29, 0.717) is 29.2 Å². The lowest BCUT2D eigenvalue weighted by Crippen LogP contribution is -2.03. The fraction of sp³-hybridized carbons (Fsp3) is 0.176. The number of aromatic hydroxyl groups is 1. The Labute approximate surface area is 128 Å². The standard InChI is InChI=1S/C17H17NO4/c1-3-22-17(20)12-4-7-14(8-5-12)18-11-13-6-9-15(21-2)10-16(13)19/h4-11,19H,3H2,1-2H3. The lowest BCUT2D eigenvalue weighted by molar-refractivity contribution is 0.0526. The van der Waals surface area contributed by atoms with E-state index < -0.39 is 0 Å². The van der Waals surface area contributed by atoms with E-state index in [1.807, 2.05) is 0 Å². The second-order valence-electron chi connectivity index (χ2n) is 4.45. The zero-order valence-corrected chi connectivity index (χ0v) is 12.4. The summed E-state index contributed by atoms with van der Waals surface area (Å²) in [4.78, 5) is 15.8. The van der Waals surface area contributed by atoms with Gasteiger partial charge in [0.05, 0.1) is 25.0 Å². The summed E-state index contributed by atoms with van der Waals surface area (Å²) in [7, 11) is 1.54. The van der Waals surface area contributed by atoms with Crippen molar-refractivity contribution >= 4 is 17.9 Å². The molecular formula is C17H17NO4. The van der Waals surface area contributed by atoms with Gasteiger partial charge in [0, 0.05) is 17.8 Å². The second-order valence-corrected chi connectivity index (χ2v) is 4.45. The van der Waals surface area contributed by atoms with Crippen molar-refractivity contribution < 1.29 is 19.4 Å². The average Bonchev–Trinajstić information content (AvgIpc) is 2.54. The lowest BCUT2D eigenvalue weighted by atomic mass is 10.2. The first-order chi connectivity index (χ1) is 10.6. The first kappa shape index (κ1) is 15.6. The van der Waals surface area contributed by atoms with E-state index in [9.17, 15) is 9.90 Å². The van der Waals surface area contributed by atoms with Crippen molar-refractivity contribution in [2.24, 2.45) is 4.99 Å². The van der Waals surface area contributed by atoms with Crippen LogP contribution in [-0.2, 0) is 4.74 Å². The molecule has 0 bridgehead atoms. The van der Waals surface area contributed by atoms with Crippen molar-refractivity contribution in [3.8, 4) is 11.5 Å². The van der Waals surface area contributed by atoms with Gasteiger partial charge in [-0.05, 0) is 43.3 Å². The maximum Gasteiger partial charge on any atom is 0.338 e. The number of phenols is 1. The zero-order chi connectivity index (χ0) is 15.9. The van der Waals surface area contributed by atoms with Gasteiger partial charge in [0.15, 0.2) is 0 Å². The maximum absolute atomic E-state index is 11.5. The third kappa shape index (κ3) is 3.85. The van der Waals surface area contributed by atoms with Crippen LogP contribution in [0, 0.1) is 0 Å². The molecule has 0 aromatic heterocycles. The molecular weight excluding hydrogens is 282 g/mol. The van der Waals surface area contributed by atoms with Crippen LogP contribution in [0.4, 0.5) is 5.69 Å². The molecule has 0 aliphatic heterocycles. The monoisotopic (exact) mass is 299 g/mol. The predicted molar refractivity (Wildman–Crippen MR) is 84.3 cm³/mol. The maximum atomic E-state index is 11.5. The number of carbonyl (C=O) groups is 1. The van der Waals surface area contributed by atoms with Crippen LogP contribution in [0.2, 0.25) is 0 Å². The minimum atomic E-state index is -0.356. The quantitative estimate of drug-likeness (QED) is 0.679. The number of rotatable bonds is 5. The van der Waals surface area contributed by atoms with Crippen LogP contribution in [-0.4, -0.2) is 31.0 Å². The number of benzene rings is 2. The van der Waals surface area contributed by atoms with Crippen LogP contribution in [0.25, 0.3) is 0 Å². The summed E-state index contributed by atoms with van der Waals surface area (Å²) in [6, 6.07) is 11.7. The van der Waals surface area contributed by atoms with Gasteiger partial charge < -0.3 is 14.6 Å². The summed E-state index contributed by atoms with van der Waals surface area (Å²) in [5, 5.41) is 9.84. The average molecular weight is 299 g/mol. The Kier molecular flexibility index (Phi) is 5.14. The van der Waals surface area contributed by atoms with Gasteiger partial charge in [-0.15, -0.1) is 0 Å². The molecule has 0 fully saturated rings. The Balaban J connectivity index is 2.12. The van der Waals surface area contributed by atoms with E-state index in [1.54, 1.807) is 49.5 Å². The number of hydrogen-bond acceptors (Lipinski definition) is 5. The number of phenolic OH excluding ortho intramolecular Hbond substituents is 1. The number of aliphatic imine (C=N–C) groups is 1. The van der Waals surface area contributed by atoms with E-state index in [0.717, 1.165) is 0 Å². The normalized spacial score (nSPS) is 10.6. The van der Waals surface area contributed by atoms with Crippen molar-refractivity contribution in [3.05, 3.63) is 53.6 Å². The SMILES string of the molecule is CCOC(=O)c1ccc(N=Cc2ccc(OC)cc2O)cc1. The smallest absolute Gasteiger partial charge is 0.338 e. The second kappa shape index (κ2) is 7.26. The Morgan fingerprint density at radius 3 is 2.55 bits per heavy atom. The molecule has 2 aromatic rings. The third-order valence-corrected chi connectivity index (χ3v) is 2.97. The number of nitrogens with zero attached hydrogens (tertiary/aromatic N) is 1. The molecule has 5 heteroatoms. The number of methoxy groups -OCH3 is 1. The molecule has 0 saturated heterocycles. The van der Waals surface area contributed by atoms with Crippen molar-refractivity contribution in [2.75, 3.05) is 13.7 Å². The highest BCUT2D eigenvalue weighted by atomic mass is 16.5. The molecule has 0 radical (unpaired) electrons. The number of hydrogen-bond donors (Lipinski definition) is 1. The summed E-state index contributed by atoms with van der Waals surface area (Å²) >= 11 is 0. The summed E-state index contributed by atoms with van der Waals surface area (Å²) in [5.41, 5.74) is 1.73. The minimum absolute atomic E-state index is 0.0891. The van der Waals surface area contributed by atoms with Gasteiger partial charge in [-0.2, -0.15) is 0 Å². The molecule has 0 aliphatic carbocycles. The molecule has 0 amide bonds. The Hall–Kier alpha value is -2.82. The van der Waals surface area contributed by atoms with Gasteiger partial charge in [-0.3, -0.25) is 4.99 Å². The van der Waals surface area contributed by atoms with E-state index in [1.165, 1.54) is 13.2 Å². The fourth-order valence-corrected chi connectivity index (χ4v) is 1.80. The van der Waals surface area contributed by atoms with E-state index in [4.69, 9.17) is 9.47 Å². The lowest BCUT2D eigenvalue weighted by Gasteiger charge is -2.03. The van der Waals surface area contributed by atoms with Gasteiger partial charge in [-0.25, -0.2) is 4.79 Å². The van der Waals surface area contributed by atoms with Crippen LogP contribution < -0.4 is 4.74 Å². The highest BCUT2D eigenvalue weighted by molar-refractivity contribution is 5.90. The highest BCUT2D eigenvalue weighted by Crippen LogP contribution is 2.23. The van der Waals surface area contributed by atoms with Crippen molar-refractivity contribution in [1.82, 2.24) is 0 Å². The predicted octanol–water partition coefficient (Wildman–Crippen LogP) is 3.33. The third-order valence-electron chi connectivity index (χ3n) is 2.97. The first-order valence-electron chi connectivity index (χ1n) is 6.82. The summed E-state index contributed by atoms with van der Waals surface area (Å²) < 4.78 is 9.93. The van der Waals surface area contributed by atoms with Crippen molar-refractivity contribution in [2.45, 2.75) is 6.92 Å². The van der Waals surface area contributed by atoms with Crippen molar-refractivity contribution in [3.63, 3.8) is 0 Å². The summed E-state index contributed by atoms with van der Waals surface area (Å²) in [6.45, 7) is 2.10. The van der Waals surface area contributed by atoms with E-state index >= 15 is 0 Å². The molecule has 0 unspecified atom stereocenters. The van der Waals surface area contributed by atoms with Crippen molar-refractivity contribution in [1.29, 1.82) is 0 Å². The Morgan fingerprint density at radius 1 is 1.23 bits per heavy atom. The molecule has 22 heavy (non-hydrogen) atoms. The molecule has 2 rings (SSSR count). The molecule has 5 nitrogen and oxygen atoms in total.